The molecule has 0 bridgehead atoms. The first-order valence-electron chi connectivity index (χ1n) is 4.18. The maximum atomic E-state index is 2.22. The van der Waals surface area contributed by atoms with E-state index in [9.17, 15) is 0 Å². The molecule has 1 heteroatoms. The number of hydrogen-bond donors (Lipinski definition) is 1. The third kappa shape index (κ3) is 2.72. The van der Waals surface area contributed by atoms with Crippen molar-refractivity contribution in [3.05, 3.63) is 35.9 Å². The lowest BCUT2D eigenvalue weighted by Crippen LogP contribution is -3.07. The Kier molecular flexibility index (Phi) is 3.12. The Bertz CT molecular complexity index is 193. The molecule has 0 aromatic heterocycles. The Morgan fingerprint density at radius 3 is 2.36 bits per heavy atom. The molecule has 0 aliphatic heterocycles. The van der Waals surface area contributed by atoms with Gasteiger partial charge in [0.2, 0.25) is 0 Å². The molecule has 1 nitrogen and oxygen atoms in total. The first-order valence-corrected chi connectivity index (χ1v) is 4.18. The van der Waals surface area contributed by atoms with Gasteiger partial charge in [-0.3, -0.25) is 0 Å². The fourth-order valence-electron chi connectivity index (χ4n) is 1.07. The van der Waals surface area contributed by atoms with Crippen molar-refractivity contribution >= 4 is 0 Å². The van der Waals surface area contributed by atoms with Crippen molar-refractivity contribution < 1.29 is 4.90 Å². The summed E-state index contributed by atoms with van der Waals surface area (Å²) in [6.45, 7) is 4.53. The zero-order valence-corrected chi connectivity index (χ0v) is 7.30. The van der Waals surface area contributed by atoms with Crippen molar-refractivity contribution in [3.8, 4) is 0 Å². The molecule has 0 amide bonds. The van der Waals surface area contributed by atoms with Crippen molar-refractivity contribution in [1.82, 2.24) is 0 Å². The van der Waals surface area contributed by atoms with Gasteiger partial charge in [0, 0.05) is 5.56 Å². The summed E-state index contributed by atoms with van der Waals surface area (Å²) >= 11 is 0. The predicted molar refractivity (Wildman–Crippen MR) is 47.6 cm³/mol. The van der Waals surface area contributed by atoms with Gasteiger partial charge >= 0.3 is 0 Å². The number of quaternary nitrogens is 1. The average Bonchev–Trinajstić information content (AvgIpc) is 2.06. The molecule has 1 atom stereocenters. The quantitative estimate of drug-likeness (QED) is 0.647. The van der Waals surface area contributed by atoms with E-state index in [1.807, 2.05) is 0 Å². The van der Waals surface area contributed by atoms with Gasteiger partial charge in [-0.05, 0) is 6.92 Å². The summed E-state index contributed by atoms with van der Waals surface area (Å²) in [4.78, 5) is 1.55. The monoisotopic (exact) mass is 150 g/mol. The van der Waals surface area contributed by atoms with Crippen molar-refractivity contribution in [2.24, 2.45) is 0 Å². The maximum Gasteiger partial charge on any atom is 0.103 e. The first-order chi connectivity index (χ1) is 5.33. The highest BCUT2D eigenvalue weighted by Gasteiger charge is 1.97. The van der Waals surface area contributed by atoms with E-state index in [2.05, 4.69) is 44.3 Å². The summed E-state index contributed by atoms with van der Waals surface area (Å²) in [5.74, 6) is 0. The Morgan fingerprint density at radius 1 is 1.18 bits per heavy atom. The van der Waals surface area contributed by atoms with Crippen LogP contribution >= 0.6 is 0 Å². The second kappa shape index (κ2) is 4.14. The van der Waals surface area contributed by atoms with Gasteiger partial charge in [0.1, 0.15) is 6.54 Å². The van der Waals surface area contributed by atoms with E-state index in [0.29, 0.717) is 0 Å². The number of benzene rings is 1. The molecule has 0 aliphatic carbocycles. The van der Waals surface area contributed by atoms with Gasteiger partial charge in [0.05, 0.1) is 13.6 Å². The Balaban J connectivity index is 2.51. The minimum absolute atomic E-state index is 1.14. The van der Waals surface area contributed by atoms with Gasteiger partial charge in [0.15, 0.2) is 0 Å². The number of nitrogens with one attached hydrogen (secondary N) is 1. The van der Waals surface area contributed by atoms with Crippen molar-refractivity contribution in [1.29, 1.82) is 0 Å². The van der Waals surface area contributed by atoms with Crippen LogP contribution in [0.1, 0.15) is 12.5 Å². The Morgan fingerprint density at radius 2 is 1.82 bits per heavy atom. The van der Waals surface area contributed by atoms with Gasteiger partial charge in [-0.1, -0.05) is 30.3 Å². The van der Waals surface area contributed by atoms with Crippen LogP contribution in [0.5, 0.6) is 0 Å². The molecule has 11 heavy (non-hydrogen) atoms. The van der Waals surface area contributed by atoms with Gasteiger partial charge in [0.25, 0.3) is 0 Å². The molecule has 0 heterocycles. The fraction of sp³-hybridized carbons (Fsp3) is 0.400. The van der Waals surface area contributed by atoms with E-state index >= 15 is 0 Å². The number of hydrogen-bond acceptors (Lipinski definition) is 0. The molecule has 1 rings (SSSR count). The second-order valence-corrected chi connectivity index (χ2v) is 2.97. The van der Waals surface area contributed by atoms with E-state index in [4.69, 9.17) is 0 Å². The number of rotatable bonds is 3. The Hall–Kier alpha value is -0.820. The fourth-order valence-corrected chi connectivity index (χ4v) is 1.07. The highest BCUT2D eigenvalue weighted by atomic mass is 15.1. The maximum absolute atomic E-state index is 2.22. The molecule has 0 saturated heterocycles. The molecule has 0 radical (unpaired) electrons. The predicted octanol–water partition coefficient (Wildman–Crippen LogP) is 0.721. The lowest BCUT2D eigenvalue weighted by Gasteiger charge is -2.10. The highest BCUT2D eigenvalue weighted by Crippen LogP contribution is 1.94. The van der Waals surface area contributed by atoms with Crippen LogP contribution in [0.4, 0.5) is 0 Å². The minimum atomic E-state index is 1.14. The van der Waals surface area contributed by atoms with Crippen LogP contribution in [0.15, 0.2) is 30.3 Å². The van der Waals surface area contributed by atoms with Crippen molar-refractivity contribution in [2.75, 3.05) is 13.6 Å². The summed E-state index contributed by atoms with van der Waals surface area (Å²) in [6, 6.07) is 10.6. The SMILES string of the molecule is CC[NH+](C)Cc1ccccc1. The highest BCUT2D eigenvalue weighted by molar-refractivity contribution is 5.13. The average molecular weight is 150 g/mol. The first kappa shape index (κ1) is 8.28. The lowest BCUT2D eigenvalue weighted by atomic mass is 10.2. The van der Waals surface area contributed by atoms with Gasteiger partial charge in [-0.15, -0.1) is 0 Å². The van der Waals surface area contributed by atoms with Gasteiger partial charge in [-0.2, -0.15) is 0 Å². The van der Waals surface area contributed by atoms with Crippen molar-refractivity contribution in [3.63, 3.8) is 0 Å². The molecule has 0 saturated carbocycles. The normalized spacial score (nSPS) is 12.9. The van der Waals surface area contributed by atoms with Crippen LogP contribution in [0.2, 0.25) is 0 Å². The van der Waals surface area contributed by atoms with E-state index in [-0.39, 0.29) is 0 Å². The molecule has 1 unspecified atom stereocenters. The molecule has 0 spiro atoms. The molecule has 1 aromatic carbocycles. The van der Waals surface area contributed by atoms with Crippen LogP contribution in [0, 0.1) is 0 Å². The van der Waals surface area contributed by atoms with Crippen LogP contribution in [0.3, 0.4) is 0 Å². The topological polar surface area (TPSA) is 4.44 Å². The molecule has 0 aliphatic rings. The zero-order chi connectivity index (χ0) is 8.10. The molecule has 0 fully saturated rings. The standard InChI is InChI=1S/C10H15N/c1-3-11(2)9-10-7-5-4-6-8-10/h4-8H,3,9H2,1-2H3/p+1. The van der Waals surface area contributed by atoms with E-state index in [1.165, 1.54) is 12.1 Å². The second-order valence-electron chi connectivity index (χ2n) is 2.97. The molecule has 60 valence electrons. The zero-order valence-electron chi connectivity index (χ0n) is 7.30. The van der Waals surface area contributed by atoms with Crippen LogP contribution in [-0.2, 0) is 6.54 Å². The summed E-state index contributed by atoms with van der Waals surface area (Å²) in [6.07, 6.45) is 0. The van der Waals surface area contributed by atoms with Crippen molar-refractivity contribution in [2.45, 2.75) is 13.5 Å². The molecule has 1 aromatic rings. The van der Waals surface area contributed by atoms with Crippen LogP contribution < -0.4 is 4.90 Å². The summed E-state index contributed by atoms with van der Waals surface area (Å²) in [7, 11) is 2.22. The van der Waals surface area contributed by atoms with Gasteiger partial charge < -0.3 is 4.90 Å². The smallest absolute Gasteiger partial charge is 0.103 e. The third-order valence-electron chi connectivity index (χ3n) is 1.95. The van der Waals surface area contributed by atoms with E-state index in [0.717, 1.165) is 6.54 Å². The summed E-state index contributed by atoms with van der Waals surface area (Å²) in [5.41, 5.74) is 1.42. The summed E-state index contributed by atoms with van der Waals surface area (Å²) < 4.78 is 0. The third-order valence-corrected chi connectivity index (χ3v) is 1.95. The molecular weight excluding hydrogens is 134 g/mol. The lowest BCUT2D eigenvalue weighted by molar-refractivity contribution is -0.891. The summed E-state index contributed by atoms with van der Waals surface area (Å²) in [5, 5.41) is 0. The minimum Gasteiger partial charge on any atom is -0.334 e. The molecular formula is C10H16N+. The van der Waals surface area contributed by atoms with Gasteiger partial charge in [-0.25, -0.2) is 0 Å². The van der Waals surface area contributed by atoms with Crippen LogP contribution in [-0.4, -0.2) is 13.6 Å². The largest absolute Gasteiger partial charge is 0.334 e. The van der Waals surface area contributed by atoms with Crippen LogP contribution in [0.25, 0.3) is 0 Å². The Labute approximate surface area is 68.7 Å². The van der Waals surface area contributed by atoms with E-state index < -0.39 is 0 Å². The van der Waals surface area contributed by atoms with E-state index in [1.54, 1.807) is 4.90 Å². The molecule has 1 N–H and O–H groups in total.